The zero-order valence-corrected chi connectivity index (χ0v) is 12.2. The van der Waals surface area contributed by atoms with Crippen LogP contribution in [-0.4, -0.2) is 47.6 Å². The monoisotopic (exact) mass is 270 g/mol. The Balaban J connectivity index is 2.45. The SMILES string of the molecule is CCC(O)CNC(=O)C1CCCN(C(=O)C(C)C)C1. The third-order valence-corrected chi connectivity index (χ3v) is 3.58. The lowest BCUT2D eigenvalue weighted by Crippen LogP contribution is -2.47. The molecule has 5 nitrogen and oxygen atoms in total. The minimum atomic E-state index is -0.485. The highest BCUT2D eigenvalue weighted by Gasteiger charge is 2.29. The van der Waals surface area contributed by atoms with Crippen LogP contribution < -0.4 is 5.32 Å². The number of likely N-dealkylation sites (tertiary alicyclic amines) is 1. The smallest absolute Gasteiger partial charge is 0.225 e. The van der Waals surface area contributed by atoms with Gasteiger partial charge in [-0.3, -0.25) is 9.59 Å². The number of nitrogens with one attached hydrogen (secondary N) is 1. The number of piperidine rings is 1. The van der Waals surface area contributed by atoms with Crippen LogP contribution >= 0.6 is 0 Å². The van der Waals surface area contributed by atoms with E-state index in [0.29, 0.717) is 19.5 Å². The molecule has 0 aliphatic carbocycles. The van der Waals surface area contributed by atoms with E-state index in [1.807, 2.05) is 20.8 Å². The Morgan fingerprint density at radius 3 is 2.68 bits per heavy atom. The number of carbonyl (C=O) groups excluding carboxylic acids is 2. The Morgan fingerprint density at radius 2 is 2.11 bits per heavy atom. The molecule has 5 heteroatoms. The van der Waals surface area contributed by atoms with Gasteiger partial charge in [-0.1, -0.05) is 20.8 Å². The minimum absolute atomic E-state index is 0.0243. The molecule has 0 aromatic rings. The van der Waals surface area contributed by atoms with Crippen LogP contribution in [0.1, 0.15) is 40.0 Å². The number of rotatable bonds is 5. The topological polar surface area (TPSA) is 69.6 Å². The van der Waals surface area contributed by atoms with E-state index in [0.717, 1.165) is 19.4 Å². The molecule has 0 spiro atoms. The lowest BCUT2D eigenvalue weighted by Gasteiger charge is -2.33. The van der Waals surface area contributed by atoms with Gasteiger partial charge in [0.25, 0.3) is 0 Å². The molecule has 0 bridgehead atoms. The van der Waals surface area contributed by atoms with Crippen molar-refractivity contribution in [2.75, 3.05) is 19.6 Å². The fourth-order valence-electron chi connectivity index (χ4n) is 2.26. The first kappa shape index (κ1) is 16.0. The van der Waals surface area contributed by atoms with Crippen molar-refractivity contribution in [2.45, 2.75) is 46.1 Å². The summed E-state index contributed by atoms with van der Waals surface area (Å²) in [7, 11) is 0. The van der Waals surface area contributed by atoms with Crippen molar-refractivity contribution in [3.63, 3.8) is 0 Å². The quantitative estimate of drug-likeness (QED) is 0.775. The number of aliphatic hydroxyl groups is 1. The molecular formula is C14H26N2O3. The molecule has 0 radical (unpaired) electrons. The second-order valence-corrected chi connectivity index (χ2v) is 5.59. The molecule has 0 aromatic heterocycles. The fourth-order valence-corrected chi connectivity index (χ4v) is 2.26. The summed E-state index contributed by atoms with van der Waals surface area (Å²) < 4.78 is 0. The summed E-state index contributed by atoms with van der Waals surface area (Å²) in [5.41, 5.74) is 0. The van der Waals surface area contributed by atoms with E-state index in [9.17, 15) is 14.7 Å². The highest BCUT2D eigenvalue weighted by molar-refractivity contribution is 5.82. The number of carbonyl (C=O) groups is 2. The van der Waals surface area contributed by atoms with Crippen molar-refractivity contribution in [2.24, 2.45) is 11.8 Å². The summed E-state index contributed by atoms with van der Waals surface area (Å²) >= 11 is 0. The van der Waals surface area contributed by atoms with Crippen LogP contribution in [0.5, 0.6) is 0 Å². The van der Waals surface area contributed by atoms with Gasteiger partial charge in [0.05, 0.1) is 12.0 Å². The number of aliphatic hydroxyl groups excluding tert-OH is 1. The van der Waals surface area contributed by atoms with E-state index in [1.165, 1.54) is 0 Å². The third-order valence-electron chi connectivity index (χ3n) is 3.58. The van der Waals surface area contributed by atoms with Crippen LogP contribution in [0.15, 0.2) is 0 Å². The van der Waals surface area contributed by atoms with Crippen molar-refractivity contribution < 1.29 is 14.7 Å². The Morgan fingerprint density at radius 1 is 1.42 bits per heavy atom. The maximum absolute atomic E-state index is 12.0. The molecule has 2 unspecified atom stereocenters. The van der Waals surface area contributed by atoms with Crippen LogP contribution in [0.4, 0.5) is 0 Å². The zero-order valence-electron chi connectivity index (χ0n) is 12.2. The second kappa shape index (κ2) is 7.48. The van der Waals surface area contributed by atoms with Crippen molar-refractivity contribution in [3.8, 4) is 0 Å². The van der Waals surface area contributed by atoms with E-state index in [4.69, 9.17) is 0 Å². The fraction of sp³-hybridized carbons (Fsp3) is 0.857. The Kier molecular flexibility index (Phi) is 6.28. The normalized spacial score (nSPS) is 21.3. The summed E-state index contributed by atoms with van der Waals surface area (Å²) in [6.07, 6.45) is 1.83. The van der Waals surface area contributed by atoms with Gasteiger partial charge in [0.2, 0.25) is 11.8 Å². The number of nitrogens with zero attached hydrogens (tertiary/aromatic N) is 1. The van der Waals surface area contributed by atoms with Gasteiger partial charge in [-0.2, -0.15) is 0 Å². The Bertz CT molecular complexity index is 318. The van der Waals surface area contributed by atoms with Crippen LogP contribution in [0, 0.1) is 11.8 Å². The van der Waals surface area contributed by atoms with Gasteiger partial charge in [-0.25, -0.2) is 0 Å². The van der Waals surface area contributed by atoms with Gasteiger partial charge >= 0.3 is 0 Å². The average Bonchev–Trinajstić information content (AvgIpc) is 2.43. The maximum atomic E-state index is 12.0. The van der Waals surface area contributed by atoms with Crippen molar-refractivity contribution in [3.05, 3.63) is 0 Å². The van der Waals surface area contributed by atoms with E-state index in [-0.39, 0.29) is 23.7 Å². The van der Waals surface area contributed by atoms with Crippen LogP contribution in [0.3, 0.4) is 0 Å². The lowest BCUT2D eigenvalue weighted by atomic mass is 9.96. The maximum Gasteiger partial charge on any atom is 0.225 e. The summed E-state index contributed by atoms with van der Waals surface area (Å²) in [5.74, 6) is -0.0934. The molecular weight excluding hydrogens is 244 g/mol. The molecule has 1 aliphatic rings. The van der Waals surface area contributed by atoms with Gasteiger partial charge in [0.15, 0.2) is 0 Å². The molecule has 1 fully saturated rings. The highest BCUT2D eigenvalue weighted by atomic mass is 16.3. The molecule has 1 heterocycles. The van der Waals surface area contributed by atoms with Crippen molar-refractivity contribution >= 4 is 11.8 Å². The molecule has 2 N–H and O–H groups in total. The first-order chi connectivity index (χ1) is 8.95. The molecule has 1 saturated heterocycles. The molecule has 1 rings (SSSR count). The zero-order chi connectivity index (χ0) is 14.4. The standard InChI is InChI=1S/C14H26N2O3/c1-4-12(17)8-15-13(18)11-6-5-7-16(9-11)14(19)10(2)3/h10-12,17H,4-9H2,1-3H3,(H,15,18). The molecule has 2 amide bonds. The molecule has 110 valence electrons. The predicted molar refractivity (Wildman–Crippen MR) is 73.4 cm³/mol. The molecule has 2 atom stereocenters. The van der Waals surface area contributed by atoms with E-state index < -0.39 is 6.10 Å². The first-order valence-electron chi connectivity index (χ1n) is 7.20. The van der Waals surface area contributed by atoms with Crippen LogP contribution in [0.25, 0.3) is 0 Å². The van der Waals surface area contributed by atoms with Gasteiger partial charge in [-0.05, 0) is 19.3 Å². The van der Waals surface area contributed by atoms with Crippen molar-refractivity contribution in [1.82, 2.24) is 10.2 Å². The predicted octanol–water partition coefficient (Wildman–Crippen LogP) is 0.768. The minimum Gasteiger partial charge on any atom is -0.391 e. The Hall–Kier alpha value is -1.10. The summed E-state index contributed by atoms with van der Waals surface area (Å²) in [6, 6.07) is 0. The highest BCUT2D eigenvalue weighted by Crippen LogP contribution is 2.18. The summed E-state index contributed by atoms with van der Waals surface area (Å²) in [5, 5.41) is 12.2. The Labute approximate surface area is 115 Å². The van der Waals surface area contributed by atoms with E-state index in [2.05, 4.69) is 5.32 Å². The second-order valence-electron chi connectivity index (χ2n) is 5.59. The molecule has 0 aromatic carbocycles. The first-order valence-corrected chi connectivity index (χ1v) is 7.20. The molecule has 0 saturated carbocycles. The third kappa shape index (κ3) is 4.82. The number of hydrogen-bond acceptors (Lipinski definition) is 3. The average molecular weight is 270 g/mol. The number of amides is 2. The molecule has 1 aliphatic heterocycles. The van der Waals surface area contributed by atoms with Crippen LogP contribution in [-0.2, 0) is 9.59 Å². The summed E-state index contributed by atoms with van der Waals surface area (Å²) in [4.78, 5) is 25.7. The number of hydrogen-bond donors (Lipinski definition) is 2. The largest absolute Gasteiger partial charge is 0.391 e. The van der Waals surface area contributed by atoms with Gasteiger partial charge in [0.1, 0.15) is 0 Å². The van der Waals surface area contributed by atoms with Crippen LogP contribution in [0.2, 0.25) is 0 Å². The summed E-state index contributed by atoms with van der Waals surface area (Å²) in [6.45, 7) is 7.18. The van der Waals surface area contributed by atoms with Gasteiger partial charge in [0, 0.05) is 25.6 Å². The van der Waals surface area contributed by atoms with E-state index in [1.54, 1.807) is 4.90 Å². The van der Waals surface area contributed by atoms with Crippen molar-refractivity contribution in [1.29, 1.82) is 0 Å². The lowest BCUT2D eigenvalue weighted by molar-refractivity contribution is -0.138. The van der Waals surface area contributed by atoms with E-state index >= 15 is 0 Å². The van der Waals surface area contributed by atoms with Gasteiger partial charge < -0.3 is 15.3 Å². The molecule has 19 heavy (non-hydrogen) atoms. The van der Waals surface area contributed by atoms with Gasteiger partial charge in [-0.15, -0.1) is 0 Å².